The number of aromatic nitrogens is 4. The third-order valence-corrected chi connectivity index (χ3v) is 12.1. The van der Waals surface area contributed by atoms with E-state index in [2.05, 4.69) is 91.0 Å². The first-order chi connectivity index (χ1) is 26.3. The molecular formula is C46H26N4OS2. The van der Waals surface area contributed by atoms with Crippen molar-refractivity contribution in [2.24, 2.45) is 0 Å². The molecule has 0 saturated carbocycles. The third kappa shape index (κ3) is 4.89. The molecule has 53 heavy (non-hydrogen) atoms. The van der Waals surface area contributed by atoms with Gasteiger partial charge in [-0.3, -0.25) is 0 Å². The van der Waals surface area contributed by atoms with Crippen molar-refractivity contribution in [3.8, 4) is 55.9 Å². The second-order valence-electron chi connectivity index (χ2n) is 13.0. The fourth-order valence-electron chi connectivity index (χ4n) is 7.38. The average Bonchev–Trinajstić information content (AvgIpc) is 3.94. The summed E-state index contributed by atoms with van der Waals surface area (Å²) in [5, 5.41) is 5.52. The molecule has 0 aliphatic heterocycles. The van der Waals surface area contributed by atoms with E-state index in [0.29, 0.717) is 17.5 Å². The van der Waals surface area contributed by atoms with E-state index in [1.54, 1.807) is 11.3 Å². The van der Waals surface area contributed by atoms with Gasteiger partial charge in [0.25, 0.3) is 0 Å². The lowest BCUT2D eigenvalue weighted by Crippen LogP contribution is -2.01. The van der Waals surface area contributed by atoms with E-state index in [1.807, 2.05) is 78.1 Å². The minimum atomic E-state index is 0.593. The Morgan fingerprint density at radius 1 is 0.396 bits per heavy atom. The van der Waals surface area contributed by atoms with Crippen molar-refractivity contribution in [1.82, 2.24) is 19.9 Å². The largest absolute Gasteiger partial charge is 0.456 e. The number of benzene rings is 7. The Kier molecular flexibility index (Phi) is 6.83. The van der Waals surface area contributed by atoms with Crippen LogP contribution < -0.4 is 0 Å². The Morgan fingerprint density at radius 2 is 1.02 bits per heavy atom. The van der Waals surface area contributed by atoms with Crippen molar-refractivity contribution in [2.45, 2.75) is 0 Å². The molecule has 0 N–H and O–H groups in total. The van der Waals surface area contributed by atoms with Crippen LogP contribution in [0.15, 0.2) is 162 Å². The highest BCUT2D eigenvalue weighted by molar-refractivity contribution is 7.28. The second kappa shape index (κ2) is 12.0. The number of fused-ring (bicyclic) bond motifs is 8. The van der Waals surface area contributed by atoms with Gasteiger partial charge < -0.3 is 4.42 Å². The van der Waals surface area contributed by atoms with Crippen LogP contribution >= 0.6 is 22.7 Å². The first-order valence-electron chi connectivity index (χ1n) is 17.4. The van der Waals surface area contributed by atoms with Gasteiger partial charge in [0.1, 0.15) is 16.2 Å². The molecule has 4 heterocycles. The highest BCUT2D eigenvalue weighted by atomic mass is 32.1. The van der Waals surface area contributed by atoms with Crippen molar-refractivity contribution < 1.29 is 4.42 Å². The van der Waals surface area contributed by atoms with Gasteiger partial charge in [-0.2, -0.15) is 0 Å². The normalized spacial score (nSPS) is 11.8. The highest BCUT2D eigenvalue weighted by Gasteiger charge is 2.23. The number of para-hydroxylation sites is 1. The molecule has 0 saturated heterocycles. The Morgan fingerprint density at radius 3 is 1.85 bits per heavy atom. The smallest absolute Gasteiger partial charge is 0.164 e. The molecular weight excluding hydrogens is 689 g/mol. The number of rotatable bonds is 5. The maximum Gasteiger partial charge on any atom is 0.164 e. The molecule has 7 aromatic carbocycles. The van der Waals surface area contributed by atoms with Crippen molar-refractivity contribution in [3.05, 3.63) is 158 Å². The van der Waals surface area contributed by atoms with Gasteiger partial charge in [-0.1, -0.05) is 133 Å². The van der Waals surface area contributed by atoms with E-state index in [9.17, 15) is 0 Å². The Bertz CT molecular complexity index is 3180. The number of thiazole rings is 1. The van der Waals surface area contributed by atoms with Crippen LogP contribution in [0.4, 0.5) is 0 Å². The summed E-state index contributed by atoms with van der Waals surface area (Å²) in [4.78, 5) is 20.8. The van der Waals surface area contributed by atoms with Crippen LogP contribution in [0, 0.1) is 0 Å². The molecule has 4 aromatic heterocycles. The number of furan rings is 1. The second-order valence-corrected chi connectivity index (χ2v) is 15.0. The molecule has 0 unspecified atom stereocenters. The van der Waals surface area contributed by atoms with Crippen LogP contribution in [0.1, 0.15) is 0 Å². The van der Waals surface area contributed by atoms with Gasteiger partial charge in [-0.05, 0) is 29.8 Å². The summed E-state index contributed by atoms with van der Waals surface area (Å²) >= 11 is 3.59. The third-order valence-electron chi connectivity index (χ3n) is 9.79. The number of hydrogen-bond donors (Lipinski definition) is 0. The van der Waals surface area contributed by atoms with Crippen LogP contribution in [0.2, 0.25) is 0 Å². The predicted molar refractivity (Wildman–Crippen MR) is 220 cm³/mol. The number of hydrogen-bond acceptors (Lipinski definition) is 7. The van der Waals surface area contributed by atoms with Gasteiger partial charge in [0.15, 0.2) is 17.5 Å². The van der Waals surface area contributed by atoms with Gasteiger partial charge in [0.05, 0.1) is 10.2 Å². The molecule has 7 heteroatoms. The monoisotopic (exact) mass is 714 g/mol. The van der Waals surface area contributed by atoms with Crippen LogP contribution in [0.5, 0.6) is 0 Å². The molecule has 0 radical (unpaired) electrons. The molecule has 0 aliphatic rings. The van der Waals surface area contributed by atoms with E-state index in [-0.39, 0.29) is 0 Å². The minimum absolute atomic E-state index is 0.593. The zero-order valence-electron chi connectivity index (χ0n) is 28.0. The van der Waals surface area contributed by atoms with E-state index < -0.39 is 0 Å². The summed E-state index contributed by atoms with van der Waals surface area (Å²) in [6.45, 7) is 0. The van der Waals surface area contributed by atoms with Gasteiger partial charge in [-0.25, -0.2) is 19.9 Å². The van der Waals surface area contributed by atoms with E-state index >= 15 is 0 Å². The summed E-state index contributed by atoms with van der Waals surface area (Å²) in [5.41, 5.74) is 8.63. The fourth-order valence-corrected chi connectivity index (χ4v) is 9.80. The lowest BCUT2D eigenvalue weighted by Gasteiger charge is -2.13. The Balaban J connectivity index is 1.18. The van der Waals surface area contributed by atoms with Crippen LogP contribution in [-0.2, 0) is 0 Å². The lowest BCUT2D eigenvalue weighted by atomic mass is 9.96. The van der Waals surface area contributed by atoms with Crippen LogP contribution in [-0.4, -0.2) is 19.9 Å². The molecule has 0 bridgehead atoms. The lowest BCUT2D eigenvalue weighted by molar-refractivity contribution is 0.669. The number of nitrogens with zero attached hydrogens (tertiary/aromatic N) is 4. The SMILES string of the molecule is c1ccc(-c2nc(-c3ccccc3-c3cc4nc(-c5ccccc5)sc4c4c3sc3ccccc34)nc(-c3cccc4oc5ccccc5c34)n2)cc1. The zero-order chi connectivity index (χ0) is 34.9. The predicted octanol–water partition coefficient (Wildman–Crippen LogP) is 13.1. The maximum atomic E-state index is 6.28. The van der Waals surface area contributed by atoms with Crippen molar-refractivity contribution in [3.63, 3.8) is 0 Å². The molecule has 0 spiro atoms. The Hall–Kier alpha value is -6.54. The average molecular weight is 715 g/mol. The Labute approximate surface area is 311 Å². The fraction of sp³-hybridized carbons (Fsp3) is 0. The maximum absolute atomic E-state index is 6.28. The molecule has 11 aromatic rings. The quantitative estimate of drug-likeness (QED) is 0.178. The summed E-state index contributed by atoms with van der Waals surface area (Å²) in [5.74, 6) is 1.81. The topological polar surface area (TPSA) is 64.7 Å². The zero-order valence-corrected chi connectivity index (χ0v) is 29.7. The first kappa shape index (κ1) is 30.1. The summed E-state index contributed by atoms with van der Waals surface area (Å²) in [7, 11) is 0. The van der Waals surface area contributed by atoms with Gasteiger partial charge >= 0.3 is 0 Å². The van der Waals surface area contributed by atoms with E-state index in [4.69, 9.17) is 24.4 Å². The van der Waals surface area contributed by atoms with Crippen molar-refractivity contribution in [2.75, 3.05) is 0 Å². The van der Waals surface area contributed by atoms with Gasteiger partial charge in [-0.15, -0.1) is 22.7 Å². The standard InChI is InChI=1S/C46H26N4OS2/c1-3-14-27(15-4-1)43-48-44(50-45(49-43)33-22-13-24-37-39(33)31-20-9-11-23-36(31)51-37)30-19-8-7-18-29(30)34-26-35-42(53-46(47-35)28-16-5-2-6-17-28)40-32-21-10-12-25-38(32)52-41(34)40/h1-26H. The molecule has 0 fully saturated rings. The molecule has 0 amide bonds. The van der Waals surface area contributed by atoms with Crippen LogP contribution in [0.25, 0.3) is 108 Å². The molecule has 0 aliphatic carbocycles. The number of thiophene rings is 1. The van der Waals surface area contributed by atoms with E-state index in [0.717, 1.165) is 65.8 Å². The molecule has 5 nitrogen and oxygen atoms in total. The minimum Gasteiger partial charge on any atom is -0.456 e. The van der Waals surface area contributed by atoms with Crippen LogP contribution in [0.3, 0.4) is 0 Å². The van der Waals surface area contributed by atoms with Gasteiger partial charge in [0, 0.05) is 58.8 Å². The molecule has 0 atom stereocenters. The summed E-state index contributed by atoms with van der Waals surface area (Å²) in [6, 6.07) is 54.2. The van der Waals surface area contributed by atoms with E-state index in [1.165, 1.54) is 24.9 Å². The highest BCUT2D eigenvalue weighted by Crippen LogP contribution is 2.48. The summed E-state index contributed by atoms with van der Waals surface area (Å²) < 4.78 is 9.95. The van der Waals surface area contributed by atoms with Crippen molar-refractivity contribution in [1.29, 1.82) is 0 Å². The molecule has 248 valence electrons. The van der Waals surface area contributed by atoms with Crippen molar-refractivity contribution >= 4 is 75.0 Å². The molecule has 11 rings (SSSR count). The summed E-state index contributed by atoms with van der Waals surface area (Å²) in [6.07, 6.45) is 0. The van der Waals surface area contributed by atoms with Gasteiger partial charge in [0.2, 0.25) is 0 Å². The first-order valence-corrected chi connectivity index (χ1v) is 19.0.